The molecule has 1 spiro atoms. The van der Waals surface area contributed by atoms with Crippen LogP contribution in [0.5, 0.6) is 0 Å². The van der Waals surface area contributed by atoms with Gasteiger partial charge < -0.3 is 24.4 Å². The first-order chi connectivity index (χ1) is 13.7. The molecule has 1 unspecified atom stereocenters. The third-order valence-electron chi connectivity index (χ3n) is 6.27. The predicted octanol–water partition coefficient (Wildman–Crippen LogP) is 0.260. The highest BCUT2D eigenvalue weighted by molar-refractivity contribution is 5.99. The van der Waals surface area contributed by atoms with Gasteiger partial charge in [0.1, 0.15) is 17.6 Å². The molecule has 8 heteroatoms. The number of hydrogen-bond acceptors (Lipinski definition) is 6. The molecule has 0 aromatic carbocycles. The molecule has 0 bridgehead atoms. The van der Waals surface area contributed by atoms with Gasteiger partial charge in [0, 0.05) is 18.6 Å². The first-order valence-corrected chi connectivity index (χ1v) is 10.1. The summed E-state index contributed by atoms with van der Waals surface area (Å²) >= 11 is 0. The molecule has 2 saturated heterocycles. The number of cyclic esters (lactones) is 1. The highest BCUT2D eigenvalue weighted by atomic mass is 16.6. The fourth-order valence-electron chi connectivity index (χ4n) is 5.06. The smallest absolute Gasteiger partial charge is 0.312 e. The number of carbonyl (C=O) groups is 3. The van der Waals surface area contributed by atoms with Crippen LogP contribution in [0.3, 0.4) is 0 Å². The quantitative estimate of drug-likeness (QED) is 0.524. The third-order valence-corrected chi connectivity index (χ3v) is 6.27. The second-order valence-electron chi connectivity index (χ2n) is 9.00. The zero-order valence-electron chi connectivity index (χ0n) is 17.0. The monoisotopic (exact) mass is 404 g/mol. The maximum Gasteiger partial charge on any atom is 0.312 e. The first-order valence-electron chi connectivity index (χ1n) is 10.1. The van der Waals surface area contributed by atoms with E-state index in [1.807, 2.05) is 39.0 Å². The van der Waals surface area contributed by atoms with Crippen molar-refractivity contribution in [1.82, 2.24) is 9.80 Å². The molecule has 5 atom stereocenters. The van der Waals surface area contributed by atoms with Crippen LogP contribution < -0.4 is 0 Å². The number of aliphatic hydroxyl groups excluding tert-OH is 1. The summed E-state index contributed by atoms with van der Waals surface area (Å²) < 4.78 is 11.7. The number of β-amino-alcohol motifs (C(OH)–C–C–N with tert-alkyl or cyclic N) is 1. The van der Waals surface area contributed by atoms with Gasteiger partial charge >= 0.3 is 5.97 Å². The van der Waals surface area contributed by atoms with Crippen LogP contribution in [0.15, 0.2) is 24.3 Å². The molecule has 2 fully saturated rings. The van der Waals surface area contributed by atoms with Gasteiger partial charge in [0.15, 0.2) is 0 Å². The molecule has 0 radical (unpaired) electrons. The lowest BCUT2D eigenvalue weighted by molar-refractivity contribution is -0.155. The van der Waals surface area contributed by atoms with Crippen LogP contribution in [0.25, 0.3) is 0 Å². The molecule has 4 rings (SSSR count). The third kappa shape index (κ3) is 2.92. The summed E-state index contributed by atoms with van der Waals surface area (Å²) in [5.74, 6) is -2.74. The molecule has 4 aliphatic rings. The number of aliphatic hydroxyl groups is 1. The van der Waals surface area contributed by atoms with Crippen molar-refractivity contribution >= 4 is 17.8 Å². The molecule has 4 heterocycles. The molecule has 1 N–H and O–H groups in total. The molecule has 0 aromatic rings. The Morgan fingerprint density at radius 3 is 2.66 bits per heavy atom. The van der Waals surface area contributed by atoms with Crippen LogP contribution in [-0.2, 0) is 23.9 Å². The topological polar surface area (TPSA) is 96.4 Å². The van der Waals surface area contributed by atoms with E-state index in [-0.39, 0.29) is 31.6 Å². The predicted molar refractivity (Wildman–Crippen MR) is 102 cm³/mol. The van der Waals surface area contributed by atoms with E-state index in [2.05, 4.69) is 0 Å². The van der Waals surface area contributed by atoms with Gasteiger partial charge in [-0.05, 0) is 27.2 Å². The van der Waals surface area contributed by atoms with E-state index in [1.165, 1.54) is 4.90 Å². The fraction of sp³-hybridized carbons (Fsp3) is 0.667. The number of carbonyl (C=O) groups excluding carboxylic acids is 3. The molecule has 2 amide bonds. The zero-order valence-corrected chi connectivity index (χ0v) is 17.0. The van der Waals surface area contributed by atoms with Gasteiger partial charge in [0.25, 0.3) is 0 Å². The van der Waals surface area contributed by atoms with E-state index in [1.54, 1.807) is 11.0 Å². The summed E-state index contributed by atoms with van der Waals surface area (Å²) in [6, 6.07) is -0.931. The van der Waals surface area contributed by atoms with Gasteiger partial charge in [-0.25, -0.2) is 0 Å². The van der Waals surface area contributed by atoms with E-state index >= 15 is 0 Å². The van der Waals surface area contributed by atoms with Crippen LogP contribution >= 0.6 is 0 Å². The van der Waals surface area contributed by atoms with Crippen molar-refractivity contribution in [3.8, 4) is 0 Å². The number of nitrogens with zero attached hydrogens (tertiary/aromatic N) is 2. The summed E-state index contributed by atoms with van der Waals surface area (Å²) in [6.45, 7) is 6.17. The van der Waals surface area contributed by atoms with Gasteiger partial charge in [-0.1, -0.05) is 24.3 Å². The van der Waals surface area contributed by atoms with Crippen molar-refractivity contribution in [1.29, 1.82) is 0 Å². The van der Waals surface area contributed by atoms with Gasteiger partial charge in [-0.3, -0.25) is 14.4 Å². The van der Waals surface area contributed by atoms with Gasteiger partial charge in [-0.2, -0.15) is 0 Å². The Balaban J connectivity index is 1.85. The van der Waals surface area contributed by atoms with E-state index < -0.39 is 41.1 Å². The average Bonchev–Trinajstić information content (AvgIpc) is 2.99. The van der Waals surface area contributed by atoms with Crippen LogP contribution in [0.2, 0.25) is 0 Å². The van der Waals surface area contributed by atoms with Gasteiger partial charge in [0.2, 0.25) is 11.8 Å². The van der Waals surface area contributed by atoms with Crippen molar-refractivity contribution in [2.24, 2.45) is 11.8 Å². The SMILES string of the molecule is CC(C)(C)N1CC=C[C@]23O[C@@H]4C=CCCOC(=O)[C@@H]4[C@H]2C(=O)N(CCO)C3C1=O. The van der Waals surface area contributed by atoms with E-state index in [4.69, 9.17) is 9.47 Å². The number of amides is 2. The van der Waals surface area contributed by atoms with Crippen LogP contribution in [-0.4, -0.2) is 82.3 Å². The lowest BCUT2D eigenvalue weighted by Gasteiger charge is -2.40. The first kappa shape index (κ1) is 20.1. The normalized spacial score (nSPS) is 36.9. The Labute approximate surface area is 170 Å². The van der Waals surface area contributed by atoms with Crippen molar-refractivity contribution in [2.45, 2.75) is 50.5 Å². The van der Waals surface area contributed by atoms with E-state index in [0.29, 0.717) is 13.0 Å². The second-order valence-corrected chi connectivity index (χ2v) is 9.00. The number of rotatable bonds is 2. The maximum atomic E-state index is 13.7. The number of hydrogen-bond donors (Lipinski definition) is 1. The number of likely N-dealkylation sites (tertiary alicyclic amines) is 1. The Bertz CT molecular complexity index is 785. The minimum Gasteiger partial charge on any atom is -0.465 e. The molecule has 0 aromatic heterocycles. The van der Waals surface area contributed by atoms with Crippen molar-refractivity contribution in [3.05, 3.63) is 24.3 Å². The van der Waals surface area contributed by atoms with E-state index in [0.717, 1.165) is 0 Å². The molecule has 0 saturated carbocycles. The highest BCUT2D eigenvalue weighted by Gasteiger charge is 2.71. The molecule has 8 nitrogen and oxygen atoms in total. The highest BCUT2D eigenvalue weighted by Crippen LogP contribution is 2.53. The minimum absolute atomic E-state index is 0.00491. The van der Waals surface area contributed by atoms with E-state index in [9.17, 15) is 19.5 Å². The molecule has 4 aliphatic heterocycles. The molecular weight excluding hydrogens is 376 g/mol. The van der Waals surface area contributed by atoms with Crippen molar-refractivity contribution in [3.63, 3.8) is 0 Å². The zero-order chi connectivity index (χ0) is 21.0. The summed E-state index contributed by atoms with van der Waals surface area (Å²) in [7, 11) is 0. The van der Waals surface area contributed by atoms with Gasteiger partial charge in [0.05, 0.1) is 25.2 Å². The van der Waals surface area contributed by atoms with Crippen molar-refractivity contribution < 1.29 is 29.0 Å². The fourth-order valence-corrected chi connectivity index (χ4v) is 5.06. The summed E-state index contributed by atoms with van der Waals surface area (Å²) in [5.41, 5.74) is -1.72. The summed E-state index contributed by atoms with van der Waals surface area (Å²) in [5, 5.41) is 9.56. The maximum absolute atomic E-state index is 13.7. The Hall–Kier alpha value is -2.19. The summed E-state index contributed by atoms with van der Waals surface area (Å²) in [4.78, 5) is 43.0. The Kier molecular flexibility index (Phi) is 4.82. The van der Waals surface area contributed by atoms with Crippen molar-refractivity contribution in [2.75, 3.05) is 26.3 Å². The Morgan fingerprint density at radius 2 is 1.97 bits per heavy atom. The number of fused-ring (bicyclic) bond motifs is 2. The minimum atomic E-state index is -1.26. The number of esters is 1. The largest absolute Gasteiger partial charge is 0.465 e. The van der Waals surface area contributed by atoms with Crippen LogP contribution in [0, 0.1) is 11.8 Å². The van der Waals surface area contributed by atoms with Gasteiger partial charge in [-0.15, -0.1) is 0 Å². The second kappa shape index (κ2) is 6.95. The lowest BCUT2D eigenvalue weighted by Crippen LogP contribution is -2.58. The molecule has 0 aliphatic carbocycles. The molecule has 29 heavy (non-hydrogen) atoms. The van der Waals surface area contributed by atoms with Crippen LogP contribution in [0.4, 0.5) is 0 Å². The summed E-state index contributed by atoms with van der Waals surface area (Å²) in [6.07, 6.45) is 7.28. The Morgan fingerprint density at radius 1 is 1.21 bits per heavy atom. The average molecular weight is 404 g/mol. The molecular formula is C21H28N2O6. The number of ether oxygens (including phenoxy) is 2. The molecule has 158 valence electrons. The lowest BCUT2D eigenvalue weighted by atomic mass is 9.77. The standard InChI is InChI=1S/C21H28N2O6/c1-20(2,3)23-9-6-8-21-15(17(25)22(10-11-24)16(21)18(23)26)14-13(29-21)7-4-5-12-28-19(14)27/h4,6-8,13-16,24H,5,9-12H2,1-3H3/t13-,14+,15+,16?,21+/m1/s1. The van der Waals surface area contributed by atoms with Crippen LogP contribution in [0.1, 0.15) is 27.2 Å².